The molecule has 0 fully saturated rings. The fourth-order valence-electron chi connectivity index (χ4n) is 6.67. The van der Waals surface area contributed by atoms with Crippen molar-refractivity contribution in [2.45, 2.75) is 245 Å². The number of hydrogen-bond donors (Lipinski definition) is 0. The molecule has 6 heteroatoms. The fraction of sp³-hybridized carbons (Fsp3) is 0.784. The number of carbonyl (C=O) groups is 3. The Morgan fingerprint density at radius 3 is 1.04 bits per heavy atom. The van der Waals surface area contributed by atoms with E-state index in [1.54, 1.807) is 0 Å². The minimum absolute atomic E-state index is 0.0918. The van der Waals surface area contributed by atoms with Gasteiger partial charge >= 0.3 is 17.9 Å². The standard InChI is InChI=1S/C51H90O6/c1-4-7-10-13-16-19-22-23-24-25-26-27-30-33-36-39-42-45-51(54)57-48(46-55-49(52)43-40-37-34-31-28-20-17-14-11-8-5-2)47-56-50(53)44-41-38-35-32-29-21-18-15-12-9-6-3/h16,19,23-24,26-27,33,36,48H,4-15,17-18,20-22,25,28-32,34-35,37-47H2,1-3H3/b19-16-,24-23-,27-26-,36-33-. The minimum atomic E-state index is -0.795. The van der Waals surface area contributed by atoms with E-state index >= 15 is 0 Å². The van der Waals surface area contributed by atoms with E-state index in [1.807, 2.05) is 0 Å². The summed E-state index contributed by atoms with van der Waals surface area (Å²) in [4.78, 5) is 37.8. The molecule has 330 valence electrons. The third-order valence-corrected chi connectivity index (χ3v) is 10.3. The lowest BCUT2D eigenvalue weighted by atomic mass is 10.1. The number of rotatable bonds is 43. The van der Waals surface area contributed by atoms with Crippen LogP contribution in [-0.2, 0) is 28.6 Å². The largest absolute Gasteiger partial charge is 0.462 e. The van der Waals surface area contributed by atoms with Crippen molar-refractivity contribution in [2.24, 2.45) is 0 Å². The van der Waals surface area contributed by atoms with E-state index < -0.39 is 6.10 Å². The maximum Gasteiger partial charge on any atom is 0.306 e. The van der Waals surface area contributed by atoms with Crippen molar-refractivity contribution in [1.82, 2.24) is 0 Å². The molecule has 0 rings (SSSR count). The summed E-state index contributed by atoms with van der Waals surface area (Å²) < 4.78 is 16.7. The molecular weight excluding hydrogens is 709 g/mol. The number of unbranched alkanes of at least 4 members (excludes halogenated alkanes) is 24. The highest BCUT2D eigenvalue weighted by Gasteiger charge is 2.19. The van der Waals surface area contributed by atoms with Gasteiger partial charge in [0, 0.05) is 19.3 Å². The third-order valence-electron chi connectivity index (χ3n) is 10.3. The van der Waals surface area contributed by atoms with Gasteiger partial charge in [-0.05, 0) is 57.8 Å². The van der Waals surface area contributed by atoms with Crippen LogP contribution in [0.1, 0.15) is 239 Å². The number of carbonyl (C=O) groups excluding carboxylic acids is 3. The van der Waals surface area contributed by atoms with Crippen molar-refractivity contribution in [3.05, 3.63) is 48.6 Å². The van der Waals surface area contributed by atoms with Gasteiger partial charge in [0.05, 0.1) is 0 Å². The average molecular weight is 799 g/mol. The molecule has 6 nitrogen and oxygen atoms in total. The smallest absolute Gasteiger partial charge is 0.306 e. The lowest BCUT2D eigenvalue weighted by Crippen LogP contribution is -2.30. The van der Waals surface area contributed by atoms with Gasteiger partial charge in [-0.3, -0.25) is 14.4 Å². The number of ether oxygens (including phenoxy) is 3. The van der Waals surface area contributed by atoms with Crippen molar-refractivity contribution >= 4 is 17.9 Å². The first-order chi connectivity index (χ1) is 28.0. The summed E-state index contributed by atoms with van der Waals surface area (Å²) in [5, 5.41) is 0. The Hall–Kier alpha value is -2.63. The zero-order valence-electron chi connectivity index (χ0n) is 37.6. The van der Waals surface area contributed by atoms with Crippen molar-refractivity contribution in [3.8, 4) is 0 Å². The summed E-state index contributed by atoms with van der Waals surface area (Å²) in [6.07, 6.45) is 53.8. The van der Waals surface area contributed by atoms with E-state index in [-0.39, 0.29) is 37.5 Å². The second-order valence-corrected chi connectivity index (χ2v) is 16.0. The predicted octanol–water partition coefficient (Wildman–Crippen LogP) is 15.5. The molecule has 57 heavy (non-hydrogen) atoms. The Morgan fingerprint density at radius 1 is 0.351 bits per heavy atom. The molecule has 0 radical (unpaired) electrons. The molecule has 0 bridgehead atoms. The minimum Gasteiger partial charge on any atom is -0.462 e. The maximum absolute atomic E-state index is 12.7. The van der Waals surface area contributed by atoms with Crippen LogP contribution in [0.4, 0.5) is 0 Å². The quantitative estimate of drug-likeness (QED) is 0.0265. The lowest BCUT2D eigenvalue weighted by Gasteiger charge is -2.18. The number of hydrogen-bond acceptors (Lipinski definition) is 6. The number of esters is 3. The van der Waals surface area contributed by atoms with Gasteiger partial charge in [-0.25, -0.2) is 0 Å². The molecule has 0 saturated heterocycles. The van der Waals surface area contributed by atoms with Gasteiger partial charge < -0.3 is 14.2 Å². The summed E-state index contributed by atoms with van der Waals surface area (Å²) in [6, 6.07) is 0. The summed E-state index contributed by atoms with van der Waals surface area (Å²) >= 11 is 0. The van der Waals surface area contributed by atoms with Gasteiger partial charge in [0.15, 0.2) is 6.10 Å². The van der Waals surface area contributed by atoms with Crippen LogP contribution in [0.2, 0.25) is 0 Å². The molecule has 0 spiro atoms. The van der Waals surface area contributed by atoms with E-state index in [2.05, 4.69) is 69.4 Å². The van der Waals surface area contributed by atoms with Gasteiger partial charge in [0.2, 0.25) is 0 Å². The summed E-state index contributed by atoms with van der Waals surface area (Å²) in [6.45, 7) is 6.55. The summed E-state index contributed by atoms with van der Waals surface area (Å²) in [7, 11) is 0. The second-order valence-electron chi connectivity index (χ2n) is 16.0. The van der Waals surface area contributed by atoms with Crippen LogP contribution in [0.3, 0.4) is 0 Å². The Bertz CT molecular complexity index is 969. The molecule has 0 saturated carbocycles. The van der Waals surface area contributed by atoms with Crippen LogP contribution in [0.25, 0.3) is 0 Å². The molecule has 0 aliphatic heterocycles. The second kappa shape index (κ2) is 46.1. The third kappa shape index (κ3) is 44.3. The van der Waals surface area contributed by atoms with E-state index in [0.29, 0.717) is 19.3 Å². The van der Waals surface area contributed by atoms with Crippen molar-refractivity contribution in [2.75, 3.05) is 13.2 Å². The molecule has 0 aromatic carbocycles. The molecule has 0 unspecified atom stereocenters. The van der Waals surface area contributed by atoms with Crippen LogP contribution in [0.15, 0.2) is 48.6 Å². The first kappa shape index (κ1) is 54.4. The van der Waals surface area contributed by atoms with Crippen LogP contribution in [0, 0.1) is 0 Å². The maximum atomic E-state index is 12.7. The molecule has 0 aliphatic rings. The first-order valence-corrected chi connectivity index (χ1v) is 24.1. The highest BCUT2D eigenvalue weighted by Crippen LogP contribution is 2.14. The van der Waals surface area contributed by atoms with Gasteiger partial charge in [0.25, 0.3) is 0 Å². The predicted molar refractivity (Wildman–Crippen MR) is 242 cm³/mol. The Labute approximate surface area is 352 Å². The van der Waals surface area contributed by atoms with Crippen LogP contribution in [0.5, 0.6) is 0 Å². The van der Waals surface area contributed by atoms with Gasteiger partial charge in [-0.2, -0.15) is 0 Å². The highest BCUT2D eigenvalue weighted by atomic mass is 16.6. The van der Waals surface area contributed by atoms with Crippen molar-refractivity contribution in [1.29, 1.82) is 0 Å². The summed E-state index contributed by atoms with van der Waals surface area (Å²) in [5.74, 6) is -0.946. The zero-order chi connectivity index (χ0) is 41.5. The van der Waals surface area contributed by atoms with Crippen LogP contribution < -0.4 is 0 Å². The Morgan fingerprint density at radius 2 is 0.649 bits per heavy atom. The molecule has 0 aromatic heterocycles. The topological polar surface area (TPSA) is 78.9 Å². The van der Waals surface area contributed by atoms with Crippen molar-refractivity contribution in [3.63, 3.8) is 0 Å². The van der Waals surface area contributed by atoms with Crippen LogP contribution in [-0.4, -0.2) is 37.2 Å². The van der Waals surface area contributed by atoms with E-state index in [0.717, 1.165) is 64.2 Å². The van der Waals surface area contributed by atoms with Crippen molar-refractivity contribution < 1.29 is 28.6 Å². The van der Waals surface area contributed by atoms with Gasteiger partial charge in [-0.15, -0.1) is 0 Å². The average Bonchev–Trinajstić information content (AvgIpc) is 3.21. The molecule has 0 amide bonds. The zero-order valence-corrected chi connectivity index (χ0v) is 37.6. The highest BCUT2D eigenvalue weighted by molar-refractivity contribution is 5.71. The van der Waals surface area contributed by atoms with E-state index in [1.165, 1.54) is 128 Å². The fourth-order valence-corrected chi connectivity index (χ4v) is 6.67. The molecule has 0 aromatic rings. The van der Waals surface area contributed by atoms with Gasteiger partial charge in [-0.1, -0.05) is 211 Å². The monoisotopic (exact) mass is 799 g/mol. The molecule has 0 aliphatic carbocycles. The van der Waals surface area contributed by atoms with Crippen LogP contribution >= 0.6 is 0 Å². The molecule has 0 N–H and O–H groups in total. The first-order valence-electron chi connectivity index (χ1n) is 24.1. The molecular formula is C51H90O6. The SMILES string of the molecule is CCCCC/C=C\C/C=C\C/C=C\C/C=C\CCCC(=O)OC(COC(=O)CCCCCCCCCCCCC)COC(=O)CCCCCCCCCCCCC. The lowest BCUT2D eigenvalue weighted by molar-refractivity contribution is -0.167. The number of allylic oxidation sites excluding steroid dienone is 8. The van der Waals surface area contributed by atoms with Gasteiger partial charge in [0.1, 0.15) is 13.2 Å². The summed E-state index contributed by atoms with van der Waals surface area (Å²) in [5.41, 5.74) is 0. The van der Waals surface area contributed by atoms with E-state index in [9.17, 15) is 14.4 Å². The Kier molecular flexibility index (Phi) is 43.9. The normalized spacial score (nSPS) is 11.9. The molecule has 0 heterocycles. The van der Waals surface area contributed by atoms with E-state index in [4.69, 9.17) is 14.2 Å². The molecule has 0 atom stereocenters. The Balaban J connectivity index is 4.45.